The molecule has 1 fully saturated rings. The fourth-order valence-corrected chi connectivity index (χ4v) is 2.86. The van der Waals surface area contributed by atoms with E-state index < -0.39 is 0 Å². The highest BCUT2D eigenvalue weighted by Gasteiger charge is 2.16. The van der Waals surface area contributed by atoms with Gasteiger partial charge in [-0.05, 0) is 25.3 Å². The van der Waals surface area contributed by atoms with E-state index in [9.17, 15) is 4.79 Å². The quantitative estimate of drug-likeness (QED) is 0.860. The third-order valence-electron chi connectivity index (χ3n) is 4.29. The maximum absolute atomic E-state index is 12.1. The second-order valence-corrected chi connectivity index (χ2v) is 6.21. The molecule has 0 bridgehead atoms. The van der Waals surface area contributed by atoms with Crippen molar-refractivity contribution in [2.24, 2.45) is 0 Å². The first kappa shape index (κ1) is 15.7. The molecule has 5 heteroatoms. The summed E-state index contributed by atoms with van der Waals surface area (Å²) in [5.74, 6) is 0.499. The van der Waals surface area contributed by atoms with Gasteiger partial charge in [-0.15, -0.1) is 0 Å². The number of rotatable bonds is 6. The Morgan fingerprint density at radius 2 is 1.96 bits per heavy atom. The molecule has 23 heavy (non-hydrogen) atoms. The van der Waals surface area contributed by atoms with Crippen molar-refractivity contribution < 1.29 is 9.32 Å². The van der Waals surface area contributed by atoms with Crippen LogP contribution in [0.25, 0.3) is 0 Å². The minimum Gasteiger partial charge on any atom is -0.359 e. The van der Waals surface area contributed by atoms with Crippen LogP contribution in [0.2, 0.25) is 0 Å². The minimum absolute atomic E-state index is 0.207. The summed E-state index contributed by atoms with van der Waals surface area (Å²) in [5.41, 5.74) is 2.60. The van der Waals surface area contributed by atoms with Crippen LogP contribution >= 0.6 is 0 Å². The Balaban J connectivity index is 1.48. The van der Waals surface area contributed by atoms with E-state index >= 15 is 0 Å². The highest BCUT2D eigenvalue weighted by atomic mass is 16.5. The molecule has 2 N–H and O–H groups in total. The molecule has 1 saturated carbocycles. The summed E-state index contributed by atoms with van der Waals surface area (Å²) >= 11 is 0. The lowest BCUT2D eigenvalue weighted by atomic mass is 10.1. The zero-order valence-corrected chi connectivity index (χ0v) is 13.5. The van der Waals surface area contributed by atoms with Gasteiger partial charge in [-0.2, -0.15) is 0 Å². The highest BCUT2D eigenvalue weighted by molar-refractivity contribution is 5.92. The molecule has 2 aromatic rings. The Bertz CT molecular complexity index is 643. The lowest BCUT2D eigenvalue weighted by Gasteiger charge is -2.08. The summed E-state index contributed by atoms with van der Waals surface area (Å²) in [6.45, 7) is 3.16. The van der Waals surface area contributed by atoms with E-state index in [-0.39, 0.29) is 5.91 Å². The zero-order chi connectivity index (χ0) is 16.1. The number of amides is 1. The Morgan fingerprint density at radius 1 is 1.22 bits per heavy atom. The molecule has 1 heterocycles. The molecule has 0 radical (unpaired) electrons. The van der Waals surface area contributed by atoms with Gasteiger partial charge in [-0.1, -0.05) is 47.8 Å². The fraction of sp³-hybridized carbons (Fsp3) is 0.444. The first-order valence-corrected chi connectivity index (χ1v) is 8.23. The van der Waals surface area contributed by atoms with Crippen LogP contribution in [0, 0.1) is 6.92 Å². The topological polar surface area (TPSA) is 67.2 Å². The average Bonchev–Trinajstić information content (AvgIpc) is 3.23. The number of aryl methyl sites for hydroxylation is 1. The van der Waals surface area contributed by atoms with Crippen LogP contribution in [0.15, 0.2) is 34.9 Å². The standard InChI is InChI=1S/C18H23N3O2/c1-13-6-8-14(9-7-13)11-20-18(22)17-10-16(23-21-17)12-19-15-4-2-3-5-15/h6-10,15,19H,2-5,11-12H2,1H3,(H,20,22). The van der Waals surface area contributed by atoms with Crippen molar-refractivity contribution in [1.82, 2.24) is 15.8 Å². The molecule has 0 unspecified atom stereocenters. The largest absolute Gasteiger partial charge is 0.359 e. The maximum Gasteiger partial charge on any atom is 0.273 e. The Morgan fingerprint density at radius 3 is 2.70 bits per heavy atom. The number of hydrogen-bond acceptors (Lipinski definition) is 4. The summed E-state index contributed by atoms with van der Waals surface area (Å²) in [7, 11) is 0. The normalized spacial score (nSPS) is 15.0. The molecule has 0 atom stereocenters. The molecule has 5 nitrogen and oxygen atoms in total. The van der Waals surface area contributed by atoms with Gasteiger partial charge in [0.1, 0.15) is 0 Å². The van der Waals surface area contributed by atoms with Gasteiger partial charge in [0, 0.05) is 18.7 Å². The van der Waals surface area contributed by atoms with Gasteiger partial charge >= 0.3 is 0 Å². The Hall–Kier alpha value is -2.14. The number of nitrogens with one attached hydrogen (secondary N) is 2. The maximum atomic E-state index is 12.1. The molecule has 3 rings (SSSR count). The Labute approximate surface area is 136 Å². The second-order valence-electron chi connectivity index (χ2n) is 6.21. The molecule has 0 spiro atoms. The number of nitrogens with zero attached hydrogens (tertiary/aromatic N) is 1. The lowest BCUT2D eigenvalue weighted by Crippen LogP contribution is -2.25. The van der Waals surface area contributed by atoms with Crippen LogP contribution in [0.1, 0.15) is 53.1 Å². The van der Waals surface area contributed by atoms with Gasteiger partial charge < -0.3 is 15.2 Å². The smallest absolute Gasteiger partial charge is 0.273 e. The fourth-order valence-electron chi connectivity index (χ4n) is 2.86. The van der Waals surface area contributed by atoms with Crippen LogP contribution in [0.5, 0.6) is 0 Å². The van der Waals surface area contributed by atoms with Crippen molar-refractivity contribution in [2.75, 3.05) is 0 Å². The van der Waals surface area contributed by atoms with Crippen LogP contribution in [-0.4, -0.2) is 17.1 Å². The first-order chi connectivity index (χ1) is 11.2. The number of benzene rings is 1. The van der Waals surface area contributed by atoms with E-state index in [0.29, 0.717) is 30.6 Å². The number of carbonyl (C=O) groups excluding carboxylic acids is 1. The average molecular weight is 313 g/mol. The van der Waals surface area contributed by atoms with Crippen molar-refractivity contribution in [3.05, 3.63) is 52.9 Å². The monoisotopic (exact) mass is 313 g/mol. The van der Waals surface area contributed by atoms with E-state index in [4.69, 9.17) is 4.52 Å². The number of hydrogen-bond donors (Lipinski definition) is 2. The second kappa shape index (κ2) is 7.42. The van der Waals surface area contributed by atoms with Gasteiger partial charge in [0.2, 0.25) is 0 Å². The summed E-state index contributed by atoms with van der Waals surface area (Å²) < 4.78 is 5.24. The van der Waals surface area contributed by atoms with Gasteiger partial charge in [0.15, 0.2) is 11.5 Å². The van der Waals surface area contributed by atoms with E-state index in [1.54, 1.807) is 6.07 Å². The SMILES string of the molecule is Cc1ccc(CNC(=O)c2cc(CNC3CCCC3)on2)cc1. The minimum atomic E-state index is -0.207. The molecular weight excluding hydrogens is 290 g/mol. The van der Waals surface area contributed by atoms with Gasteiger partial charge in [-0.25, -0.2) is 0 Å². The summed E-state index contributed by atoms with van der Waals surface area (Å²) in [6.07, 6.45) is 5.03. The van der Waals surface area contributed by atoms with E-state index in [2.05, 4.69) is 15.8 Å². The molecule has 1 aromatic carbocycles. The molecule has 1 aromatic heterocycles. The first-order valence-electron chi connectivity index (χ1n) is 8.23. The molecular formula is C18H23N3O2. The lowest BCUT2D eigenvalue weighted by molar-refractivity contribution is 0.0941. The van der Waals surface area contributed by atoms with Gasteiger partial charge in [0.25, 0.3) is 5.91 Å². The van der Waals surface area contributed by atoms with Crippen LogP contribution in [-0.2, 0) is 13.1 Å². The van der Waals surface area contributed by atoms with Crippen LogP contribution in [0.4, 0.5) is 0 Å². The van der Waals surface area contributed by atoms with Crippen molar-refractivity contribution in [3.8, 4) is 0 Å². The van der Waals surface area contributed by atoms with Gasteiger partial charge in [0.05, 0.1) is 6.54 Å². The molecule has 1 aliphatic carbocycles. The Kier molecular flexibility index (Phi) is 5.08. The third kappa shape index (κ3) is 4.42. The predicted octanol–water partition coefficient (Wildman–Crippen LogP) is 2.95. The van der Waals surface area contributed by atoms with E-state index in [1.807, 2.05) is 31.2 Å². The molecule has 1 amide bonds. The zero-order valence-electron chi connectivity index (χ0n) is 13.5. The van der Waals surface area contributed by atoms with Crippen LogP contribution in [0.3, 0.4) is 0 Å². The summed E-state index contributed by atoms with van der Waals surface area (Å²) in [5, 5.41) is 10.2. The predicted molar refractivity (Wildman–Crippen MR) is 87.9 cm³/mol. The number of aromatic nitrogens is 1. The molecule has 0 saturated heterocycles. The van der Waals surface area contributed by atoms with Crippen molar-refractivity contribution in [1.29, 1.82) is 0 Å². The van der Waals surface area contributed by atoms with Crippen LogP contribution < -0.4 is 10.6 Å². The number of carbonyl (C=O) groups is 1. The van der Waals surface area contributed by atoms with Crippen molar-refractivity contribution in [3.63, 3.8) is 0 Å². The summed E-state index contributed by atoms with van der Waals surface area (Å²) in [6, 6.07) is 10.4. The van der Waals surface area contributed by atoms with Crippen molar-refractivity contribution in [2.45, 2.75) is 51.7 Å². The van der Waals surface area contributed by atoms with Crippen molar-refractivity contribution >= 4 is 5.91 Å². The van der Waals surface area contributed by atoms with E-state index in [1.165, 1.54) is 31.2 Å². The van der Waals surface area contributed by atoms with E-state index in [0.717, 1.165) is 5.56 Å². The molecule has 0 aliphatic heterocycles. The highest BCUT2D eigenvalue weighted by Crippen LogP contribution is 2.18. The molecule has 122 valence electrons. The summed E-state index contributed by atoms with van der Waals surface area (Å²) in [4.78, 5) is 12.1. The molecule has 1 aliphatic rings. The third-order valence-corrected chi connectivity index (χ3v) is 4.29. The van der Waals surface area contributed by atoms with Gasteiger partial charge in [-0.3, -0.25) is 4.79 Å².